The third kappa shape index (κ3) is 6.69. The SMILES string of the molecule is CCc1nncn1CCNC(=NC)NCc1ccc(CN2CCCC2=O)cc1.I. The molecule has 2 aromatic rings. The molecule has 1 amide bonds. The lowest BCUT2D eigenvalue weighted by atomic mass is 10.1. The van der Waals surface area contributed by atoms with Gasteiger partial charge in [-0.15, -0.1) is 34.2 Å². The summed E-state index contributed by atoms with van der Waals surface area (Å²) in [6, 6.07) is 8.38. The predicted octanol–water partition coefficient (Wildman–Crippen LogP) is 1.95. The van der Waals surface area contributed by atoms with Gasteiger partial charge in [0.2, 0.25) is 5.91 Å². The van der Waals surface area contributed by atoms with Crippen LogP contribution in [0, 0.1) is 0 Å². The second-order valence-electron chi connectivity index (χ2n) is 6.88. The number of aromatic nitrogens is 3. The zero-order valence-corrected chi connectivity index (χ0v) is 19.4. The molecule has 0 saturated carbocycles. The van der Waals surface area contributed by atoms with Gasteiger partial charge >= 0.3 is 0 Å². The zero-order chi connectivity index (χ0) is 19.8. The van der Waals surface area contributed by atoms with E-state index in [1.165, 1.54) is 11.1 Å². The van der Waals surface area contributed by atoms with Gasteiger partial charge in [0.15, 0.2) is 5.96 Å². The average Bonchev–Trinajstić information content (AvgIpc) is 3.34. The summed E-state index contributed by atoms with van der Waals surface area (Å²) in [5.41, 5.74) is 2.34. The minimum Gasteiger partial charge on any atom is -0.355 e. The molecule has 1 aromatic heterocycles. The van der Waals surface area contributed by atoms with Crippen LogP contribution in [0.25, 0.3) is 0 Å². The van der Waals surface area contributed by atoms with E-state index in [4.69, 9.17) is 0 Å². The number of nitrogens with one attached hydrogen (secondary N) is 2. The molecule has 8 nitrogen and oxygen atoms in total. The molecular formula is C20H30IN7O. The molecule has 0 aliphatic carbocycles. The van der Waals surface area contributed by atoms with Crippen LogP contribution in [0.4, 0.5) is 0 Å². The van der Waals surface area contributed by atoms with Crippen molar-refractivity contribution in [2.24, 2.45) is 4.99 Å². The maximum absolute atomic E-state index is 11.7. The van der Waals surface area contributed by atoms with E-state index < -0.39 is 0 Å². The number of hydrogen-bond acceptors (Lipinski definition) is 4. The van der Waals surface area contributed by atoms with Crippen molar-refractivity contribution >= 4 is 35.8 Å². The number of nitrogens with zero attached hydrogens (tertiary/aromatic N) is 5. The van der Waals surface area contributed by atoms with Gasteiger partial charge in [0.1, 0.15) is 12.2 Å². The molecule has 9 heteroatoms. The minimum atomic E-state index is 0. The predicted molar refractivity (Wildman–Crippen MR) is 124 cm³/mol. The Morgan fingerprint density at radius 3 is 2.62 bits per heavy atom. The highest BCUT2D eigenvalue weighted by atomic mass is 127. The number of rotatable bonds is 8. The highest BCUT2D eigenvalue weighted by molar-refractivity contribution is 14.0. The Kier molecular flexibility index (Phi) is 9.36. The fourth-order valence-electron chi connectivity index (χ4n) is 3.29. The Labute approximate surface area is 189 Å². The summed E-state index contributed by atoms with van der Waals surface area (Å²) >= 11 is 0. The number of aryl methyl sites for hydroxylation is 1. The summed E-state index contributed by atoms with van der Waals surface area (Å²) < 4.78 is 2.05. The monoisotopic (exact) mass is 511 g/mol. The molecule has 0 radical (unpaired) electrons. The van der Waals surface area contributed by atoms with Gasteiger partial charge in [-0.1, -0.05) is 31.2 Å². The molecule has 1 aliphatic heterocycles. The molecular weight excluding hydrogens is 481 g/mol. The second kappa shape index (κ2) is 11.7. The summed E-state index contributed by atoms with van der Waals surface area (Å²) in [6.07, 6.45) is 4.29. The lowest BCUT2D eigenvalue weighted by Crippen LogP contribution is -2.38. The average molecular weight is 511 g/mol. The van der Waals surface area contributed by atoms with Gasteiger partial charge in [-0.3, -0.25) is 9.79 Å². The number of carbonyl (C=O) groups excluding carboxylic acids is 1. The Morgan fingerprint density at radius 1 is 1.21 bits per heavy atom. The van der Waals surface area contributed by atoms with Crippen molar-refractivity contribution in [3.63, 3.8) is 0 Å². The first-order valence-electron chi connectivity index (χ1n) is 9.86. The highest BCUT2D eigenvalue weighted by Crippen LogP contribution is 2.14. The number of benzene rings is 1. The Hall–Kier alpha value is -2.17. The van der Waals surface area contributed by atoms with Crippen LogP contribution >= 0.6 is 24.0 Å². The van der Waals surface area contributed by atoms with E-state index in [0.29, 0.717) is 19.5 Å². The van der Waals surface area contributed by atoms with Crippen LogP contribution in [-0.4, -0.2) is 51.7 Å². The van der Waals surface area contributed by atoms with Crippen LogP contribution in [0.5, 0.6) is 0 Å². The molecule has 158 valence electrons. The van der Waals surface area contributed by atoms with Gasteiger partial charge in [0.05, 0.1) is 0 Å². The number of likely N-dealkylation sites (tertiary alicyclic amines) is 1. The van der Waals surface area contributed by atoms with E-state index in [0.717, 1.165) is 44.3 Å². The van der Waals surface area contributed by atoms with Gasteiger partial charge in [0.25, 0.3) is 0 Å². The first-order chi connectivity index (χ1) is 13.7. The van der Waals surface area contributed by atoms with Crippen LogP contribution in [-0.2, 0) is 30.8 Å². The summed E-state index contributed by atoms with van der Waals surface area (Å²) in [6.45, 7) is 5.88. The summed E-state index contributed by atoms with van der Waals surface area (Å²) in [7, 11) is 1.77. The van der Waals surface area contributed by atoms with Gasteiger partial charge in [-0.2, -0.15) is 0 Å². The number of amides is 1. The molecule has 0 spiro atoms. The van der Waals surface area contributed by atoms with Crippen LogP contribution < -0.4 is 10.6 Å². The maximum Gasteiger partial charge on any atom is 0.222 e. The van der Waals surface area contributed by atoms with Crippen molar-refractivity contribution in [3.8, 4) is 0 Å². The number of guanidine groups is 1. The molecule has 1 saturated heterocycles. The Bertz CT molecular complexity index is 803. The first kappa shape index (κ1) is 23.1. The van der Waals surface area contributed by atoms with Crippen molar-refractivity contribution in [2.75, 3.05) is 20.1 Å². The first-order valence-corrected chi connectivity index (χ1v) is 9.86. The lowest BCUT2D eigenvalue weighted by Gasteiger charge is -2.16. The molecule has 1 aromatic carbocycles. The number of hydrogen-bond donors (Lipinski definition) is 2. The van der Waals surface area contributed by atoms with Crippen molar-refractivity contribution in [2.45, 2.75) is 45.8 Å². The van der Waals surface area contributed by atoms with Crippen LogP contribution in [0.3, 0.4) is 0 Å². The van der Waals surface area contributed by atoms with Gasteiger partial charge < -0.3 is 20.1 Å². The normalized spacial score (nSPS) is 14.1. The summed E-state index contributed by atoms with van der Waals surface area (Å²) in [5.74, 6) is 2.01. The van der Waals surface area contributed by atoms with Crippen molar-refractivity contribution in [1.82, 2.24) is 30.3 Å². The standard InChI is InChI=1S/C20H29N7O.HI/c1-3-18-25-24-15-27(18)12-10-22-20(21-2)23-13-16-6-8-17(9-7-16)14-26-11-4-5-19(26)28;/h6-9,15H,3-5,10-14H2,1-2H3,(H2,21,22,23);1H. The van der Waals surface area contributed by atoms with Crippen molar-refractivity contribution in [1.29, 1.82) is 0 Å². The molecule has 2 N–H and O–H groups in total. The number of carbonyl (C=O) groups is 1. The van der Waals surface area contributed by atoms with Crippen LogP contribution in [0.2, 0.25) is 0 Å². The molecule has 0 unspecified atom stereocenters. The van der Waals surface area contributed by atoms with E-state index in [2.05, 4.69) is 57.0 Å². The van der Waals surface area contributed by atoms with Crippen LogP contribution in [0.15, 0.2) is 35.6 Å². The Balaban J connectivity index is 0.00000300. The van der Waals surface area contributed by atoms with Gasteiger partial charge in [0, 0.05) is 52.6 Å². The quantitative estimate of drug-likeness (QED) is 0.322. The minimum absolute atomic E-state index is 0. The van der Waals surface area contributed by atoms with Crippen molar-refractivity contribution in [3.05, 3.63) is 47.5 Å². The topological polar surface area (TPSA) is 87.4 Å². The van der Waals surface area contributed by atoms with Crippen LogP contribution in [0.1, 0.15) is 36.7 Å². The third-order valence-electron chi connectivity index (χ3n) is 4.91. The smallest absolute Gasteiger partial charge is 0.222 e. The van der Waals surface area contributed by atoms with E-state index in [1.54, 1.807) is 13.4 Å². The molecule has 0 atom stereocenters. The molecule has 3 rings (SSSR count). The fraction of sp³-hybridized carbons (Fsp3) is 0.500. The molecule has 2 heterocycles. The number of aliphatic imine (C=N–C) groups is 1. The molecule has 29 heavy (non-hydrogen) atoms. The summed E-state index contributed by atoms with van der Waals surface area (Å²) in [5, 5.41) is 14.7. The Morgan fingerprint density at radius 2 is 1.97 bits per heavy atom. The molecule has 0 bridgehead atoms. The van der Waals surface area contributed by atoms with E-state index in [9.17, 15) is 4.79 Å². The van der Waals surface area contributed by atoms with E-state index >= 15 is 0 Å². The molecule has 1 fully saturated rings. The maximum atomic E-state index is 11.7. The fourth-order valence-corrected chi connectivity index (χ4v) is 3.29. The lowest BCUT2D eigenvalue weighted by molar-refractivity contribution is -0.128. The summed E-state index contributed by atoms with van der Waals surface area (Å²) in [4.78, 5) is 17.9. The zero-order valence-electron chi connectivity index (χ0n) is 17.1. The second-order valence-corrected chi connectivity index (χ2v) is 6.88. The van der Waals surface area contributed by atoms with E-state index in [-0.39, 0.29) is 29.9 Å². The van der Waals surface area contributed by atoms with Gasteiger partial charge in [-0.05, 0) is 17.5 Å². The number of halogens is 1. The highest BCUT2D eigenvalue weighted by Gasteiger charge is 2.19. The molecule has 1 aliphatic rings. The van der Waals surface area contributed by atoms with Gasteiger partial charge in [-0.25, -0.2) is 0 Å². The van der Waals surface area contributed by atoms with E-state index in [1.807, 2.05) is 9.47 Å². The third-order valence-corrected chi connectivity index (χ3v) is 4.91. The van der Waals surface area contributed by atoms with Crippen molar-refractivity contribution < 1.29 is 4.79 Å². The largest absolute Gasteiger partial charge is 0.355 e.